The number of aromatic nitrogens is 1. The molecule has 0 spiro atoms. The van der Waals surface area contributed by atoms with E-state index in [0.717, 1.165) is 41.9 Å². The largest absolute Gasteiger partial charge is 0.497 e. The fourth-order valence-corrected chi connectivity index (χ4v) is 5.82. The maximum absolute atomic E-state index is 13.2. The summed E-state index contributed by atoms with van der Waals surface area (Å²) in [5.74, 6) is 1.88. The summed E-state index contributed by atoms with van der Waals surface area (Å²) in [6, 6.07) is 27.8. The molecule has 1 amide bonds. The Morgan fingerprint density at radius 2 is 1.79 bits per heavy atom. The standard InChI is InChI=1S/C32H29N3O3S/c1-37-24-14-15-30(38-2)26(19-24)25-20-28(22-9-4-3-5-10-22)34-32(27(25)21-33)39-18-16-31(36)35-17-8-12-23-11-6-7-13-29(23)35/h3-7,9-11,13-15,19-20H,8,12,16-18H2,1-2H3. The number of anilines is 1. The SMILES string of the molecule is COc1ccc(OC)c(-c2cc(-c3ccccc3)nc(SCCC(=O)N3CCCc4ccccc43)c2C#N)c1. The number of ether oxygens (including phenoxy) is 2. The van der Waals surface area contributed by atoms with E-state index in [1.54, 1.807) is 14.2 Å². The molecule has 1 aliphatic rings. The zero-order valence-electron chi connectivity index (χ0n) is 22.0. The Labute approximate surface area is 233 Å². The molecule has 0 radical (unpaired) electrons. The number of carbonyl (C=O) groups is 1. The Morgan fingerprint density at radius 3 is 2.56 bits per heavy atom. The molecule has 0 N–H and O–H groups in total. The van der Waals surface area contributed by atoms with Gasteiger partial charge in [0.05, 0.1) is 25.5 Å². The van der Waals surface area contributed by atoms with E-state index in [9.17, 15) is 10.1 Å². The Hall–Kier alpha value is -4.28. The zero-order valence-corrected chi connectivity index (χ0v) is 22.8. The van der Waals surface area contributed by atoms with E-state index in [4.69, 9.17) is 14.5 Å². The molecule has 1 aromatic heterocycles. The molecule has 1 aliphatic heterocycles. The van der Waals surface area contributed by atoms with Gasteiger partial charge in [-0.1, -0.05) is 48.5 Å². The lowest BCUT2D eigenvalue weighted by Gasteiger charge is -2.29. The molecule has 0 atom stereocenters. The van der Waals surface area contributed by atoms with Crippen LogP contribution < -0.4 is 14.4 Å². The maximum Gasteiger partial charge on any atom is 0.227 e. The second kappa shape index (κ2) is 12.1. The van der Waals surface area contributed by atoms with Crippen molar-refractivity contribution in [3.05, 3.63) is 90.0 Å². The molecular weight excluding hydrogens is 506 g/mol. The first-order valence-corrected chi connectivity index (χ1v) is 13.9. The van der Waals surface area contributed by atoms with Crippen LogP contribution in [0.2, 0.25) is 0 Å². The lowest BCUT2D eigenvalue weighted by atomic mass is 9.98. The summed E-state index contributed by atoms with van der Waals surface area (Å²) in [6.45, 7) is 0.728. The van der Waals surface area contributed by atoms with E-state index in [1.807, 2.05) is 77.7 Å². The monoisotopic (exact) mass is 535 g/mol. The van der Waals surface area contributed by atoms with Crippen molar-refractivity contribution in [3.63, 3.8) is 0 Å². The van der Waals surface area contributed by atoms with Crippen LogP contribution in [-0.4, -0.2) is 37.4 Å². The number of rotatable bonds is 8. The molecule has 2 heterocycles. The van der Waals surface area contributed by atoms with Crippen LogP contribution in [0.3, 0.4) is 0 Å². The first-order valence-electron chi connectivity index (χ1n) is 12.9. The number of amides is 1. The summed E-state index contributed by atoms with van der Waals surface area (Å²) in [5, 5.41) is 10.9. The highest BCUT2D eigenvalue weighted by Crippen LogP contribution is 2.40. The van der Waals surface area contributed by atoms with Gasteiger partial charge in [-0.15, -0.1) is 11.8 Å². The highest BCUT2D eigenvalue weighted by atomic mass is 32.2. The van der Waals surface area contributed by atoms with Crippen LogP contribution in [0, 0.1) is 11.3 Å². The number of benzene rings is 3. The number of nitriles is 1. The summed E-state index contributed by atoms with van der Waals surface area (Å²) in [6.07, 6.45) is 2.30. The molecule has 6 nitrogen and oxygen atoms in total. The van der Waals surface area contributed by atoms with Crippen molar-refractivity contribution in [2.75, 3.05) is 31.4 Å². The van der Waals surface area contributed by atoms with Gasteiger partial charge in [-0.05, 0) is 48.7 Å². The Morgan fingerprint density at radius 1 is 1.00 bits per heavy atom. The number of methoxy groups -OCH3 is 2. The molecule has 0 fully saturated rings. The first-order chi connectivity index (χ1) is 19.1. The molecule has 0 unspecified atom stereocenters. The molecule has 7 heteroatoms. The second-order valence-corrected chi connectivity index (χ2v) is 10.2. The molecule has 196 valence electrons. The minimum atomic E-state index is 0.0852. The Bertz CT molecular complexity index is 1530. The Kier molecular flexibility index (Phi) is 8.14. The molecule has 0 aliphatic carbocycles. The number of aryl methyl sites for hydroxylation is 1. The van der Waals surface area contributed by atoms with Gasteiger partial charge >= 0.3 is 0 Å². The summed E-state index contributed by atoms with van der Waals surface area (Å²) >= 11 is 1.43. The normalized spacial score (nSPS) is 12.4. The predicted octanol–water partition coefficient (Wildman–Crippen LogP) is 6.77. The fraction of sp³-hybridized carbons (Fsp3) is 0.219. The first kappa shape index (κ1) is 26.3. The number of fused-ring (bicyclic) bond motifs is 1. The molecule has 0 saturated carbocycles. The van der Waals surface area contributed by atoms with Crippen LogP contribution >= 0.6 is 11.8 Å². The Balaban J connectivity index is 1.48. The van der Waals surface area contributed by atoms with Crippen molar-refractivity contribution in [1.29, 1.82) is 5.26 Å². The molecule has 4 aromatic rings. The number of hydrogen-bond donors (Lipinski definition) is 0. The third kappa shape index (κ3) is 5.62. The number of hydrogen-bond acceptors (Lipinski definition) is 6. The van der Waals surface area contributed by atoms with Gasteiger partial charge < -0.3 is 14.4 Å². The van der Waals surface area contributed by atoms with Gasteiger partial charge in [0.1, 0.15) is 22.6 Å². The van der Waals surface area contributed by atoms with Gasteiger partial charge in [-0.2, -0.15) is 5.26 Å². The molecule has 39 heavy (non-hydrogen) atoms. The molecule has 0 bridgehead atoms. The van der Waals surface area contributed by atoms with Crippen LogP contribution in [0.15, 0.2) is 83.9 Å². The van der Waals surface area contributed by atoms with Gasteiger partial charge in [0.2, 0.25) is 5.91 Å². The number of nitrogens with zero attached hydrogens (tertiary/aromatic N) is 3. The highest BCUT2D eigenvalue weighted by Gasteiger charge is 2.23. The third-order valence-electron chi connectivity index (χ3n) is 6.83. The van der Waals surface area contributed by atoms with E-state index in [2.05, 4.69) is 12.1 Å². The van der Waals surface area contributed by atoms with Crippen molar-refractivity contribution in [2.24, 2.45) is 0 Å². The predicted molar refractivity (Wildman–Crippen MR) is 155 cm³/mol. The van der Waals surface area contributed by atoms with Crippen LogP contribution in [0.1, 0.15) is 24.0 Å². The van der Waals surface area contributed by atoms with Crippen LogP contribution in [0.25, 0.3) is 22.4 Å². The number of thioether (sulfide) groups is 1. The van der Waals surface area contributed by atoms with E-state index < -0.39 is 0 Å². The van der Waals surface area contributed by atoms with Crippen LogP contribution in [0.4, 0.5) is 5.69 Å². The third-order valence-corrected chi connectivity index (χ3v) is 7.81. The summed E-state index contributed by atoms with van der Waals surface area (Å²) < 4.78 is 11.1. The van der Waals surface area contributed by atoms with Gasteiger partial charge in [-0.25, -0.2) is 4.98 Å². The van der Waals surface area contributed by atoms with E-state index >= 15 is 0 Å². The van der Waals surface area contributed by atoms with E-state index in [-0.39, 0.29) is 5.91 Å². The number of para-hydroxylation sites is 1. The van der Waals surface area contributed by atoms with Gasteiger partial charge in [0.15, 0.2) is 0 Å². The summed E-state index contributed by atoms with van der Waals surface area (Å²) in [5.41, 5.74) is 5.80. The second-order valence-electron chi connectivity index (χ2n) is 9.16. The molecular formula is C32H29N3O3S. The molecule has 5 rings (SSSR count). The number of pyridine rings is 1. The topological polar surface area (TPSA) is 75.5 Å². The average Bonchev–Trinajstić information content (AvgIpc) is 3.00. The maximum atomic E-state index is 13.2. The minimum Gasteiger partial charge on any atom is -0.497 e. The van der Waals surface area contributed by atoms with Gasteiger partial charge in [-0.3, -0.25) is 4.79 Å². The summed E-state index contributed by atoms with van der Waals surface area (Å²) in [4.78, 5) is 20.0. The number of carbonyl (C=O) groups excluding carboxylic acids is 1. The van der Waals surface area contributed by atoms with Crippen molar-refractivity contribution >= 4 is 23.4 Å². The molecule has 0 saturated heterocycles. The quantitative estimate of drug-likeness (QED) is 0.232. The lowest BCUT2D eigenvalue weighted by Crippen LogP contribution is -2.35. The van der Waals surface area contributed by atoms with E-state index in [0.29, 0.717) is 39.8 Å². The van der Waals surface area contributed by atoms with Crippen LogP contribution in [-0.2, 0) is 11.2 Å². The highest BCUT2D eigenvalue weighted by molar-refractivity contribution is 7.99. The smallest absolute Gasteiger partial charge is 0.227 e. The fourth-order valence-electron chi connectivity index (χ4n) is 4.89. The van der Waals surface area contributed by atoms with Gasteiger partial charge in [0.25, 0.3) is 0 Å². The molecule has 3 aromatic carbocycles. The average molecular weight is 536 g/mol. The van der Waals surface area contributed by atoms with Crippen molar-refractivity contribution in [3.8, 4) is 40.0 Å². The van der Waals surface area contributed by atoms with E-state index in [1.165, 1.54) is 17.3 Å². The van der Waals surface area contributed by atoms with Crippen molar-refractivity contribution in [2.45, 2.75) is 24.3 Å². The summed E-state index contributed by atoms with van der Waals surface area (Å²) in [7, 11) is 3.22. The minimum absolute atomic E-state index is 0.0852. The van der Waals surface area contributed by atoms with Crippen molar-refractivity contribution < 1.29 is 14.3 Å². The zero-order chi connectivity index (χ0) is 27.2. The van der Waals surface area contributed by atoms with Crippen LogP contribution in [0.5, 0.6) is 11.5 Å². The lowest BCUT2D eigenvalue weighted by molar-refractivity contribution is -0.118. The van der Waals surface area contributed by atoms with Gasteiger partial charge in [0, 0.05) is 41.1 Å². The van der Waals surface area contributed by atoms with Crippen molar-refractivity contribution in [1.82, 2.24) is 4.98 Å².